The predicted octanol–water partition coefficient (Wildman–Crippen LogP) is 3.10. The Morgan fingerprint density at radius 1 is 1.18 bits per heavy atom. The number of methoxy groups -OCH3 is 1. The van der Waals surface area contributed by atoms with Crippen molar-refractivity contribution in [1.82, 2.24) is 19.9 Å². The van der Waals surface area contributed by atoms with E-state index in [9.17, 15) is 27.6 Å². The lowest BCUT2D eigenvalue weighted by molar-refractivity contribution is -0.160. The molecule has 0 atom stereocenters. The first-order valence-electron chi connectivity index (χ1n) is 9.58. The highest BCUT2D eigenvalue weighted by Gasteiger charge is 2.33. The summed E-state index contributed by atoms with van der Waals surface area (Å²) in [6, 6.07) is 9.69. The highest BCUT2D eigenvalue weighted by molar-refractivity contribution is 7.99. The van der Waals surface area contributed by atoms with Crippen molar-refractivity contribution in [2.45, 2.75) is 24.8 Å². The summed E-state index contributed by atoms with van der Waals surface area (Å²) >= 11 is 0.767. The number of thioether (sulfide) groups is 1. The molecule has 0 aliphatic rings. The van der Waals surface area contributed by atoms with E-state index in [1.54, 1.807) is 37.3 Å². The molecule has 2 aromatic heterocycles. The molecule has 1 amide bonds. The maximum absolute atomic E-state index is 13.0. The predicted molar refractivity (Wildman–Crippen MR) is 115 cm³/mol. The van der Waals surface area contributed by atoms with Gasteiger partial charge in [0.15, 0.2) is 10.8 Å². The summed E-state index contributed by atoms with van der Waals surface area (Å²) in [5.41, 5.74) is 0.227. The lowest BCUT2D eigenvalue weighted by Crippen LogP contribution is -2.39. The third-order valence-corrected chi connectivity index (χ3v) is 5.32. The van der Waals surface area contributed by atoms with Gasteiger partial charge in [0.05, 0.1) is 23.8 Å². The number of rotatable bonds is 7. The van der Waals surface area contributed by atoms with Gasteiger partial charge in [0.2, 0.25) is 5.91 Å². The third-order valence-electron chi connectivity index (χ3n) is 4.46. The number of benzene rings is 1. The number of aromatic amines is 1. The lowest BCUT2D eigenvalue weighted by atomic mass is 10.1. The Balaban J connectivity index is 1.83. The van der Waals surface area contributed by atoms with E-state index < -0.39 is 35.9 Å². The molecule has 2 heterocycles. The van der Waals surface area contributed by atoms with Crippen LogP contribution in [0.4, 0.5) is 13.2 Å². The normalized spacial score (nSPS) is 11.4. The van der Waals surface area contributed by atoms with Crippen LogP contribution in [0.25, 0.3) is 11.0 Å². The van der Waals surface area contributed by atoms with Gasteiger partial charge in [-0.2, -0.15) is 13.2 Å². The fourth-order valence-electron chi connectivity index (χ4n) is 3.06. The summed E-state index contributed by atoms with van der Waals surface area (Å²) in [5, 5.41) is -0.0904. The third kappa shape index (κ3) is 6.31. The quantitative estimate of drug-likeness (QED) is 0.315. The molecule has 1 aromatic carbocycles. The Kier molecular flexibility index (Phi) is 7.36. The highest BCUT2D eigenvalue weighted by Crippen LogP contribution is 2.22. The Morgan fingerprint density at radius 2 is 1.88 bits per heavy atom. The number of alkyl halides is 3. The number of aromatic nitrogens is 3. The molecule has 0 unspecified atom stereocenters. The Hall–Kier alpha value is -3.41. The number of fused-ring (bicyclic) bond motifs is 1. The topological polar surface area (TPSA) is 105 Å². The van der Waals surface area contributed by atoms with Crippen molar-refractivity contribution >= 4 is 34.7 Å². The Bertz CT molecular complexity index is 1230. The van der Waals surface area contributed by atoms with E-state index in [2.05, 4.69) is 19.7 Å². The number of esters is 1. The van der Waals surface area contributed by atoms with Crippen LogP contribution in [0, 0.1) is 6.92 Å². The molecule has 12 heteroatoms. The number of H-pyrrole nitrogens is 1. The average molecular weight is 480 g/mol. The summed E-state index contributed by atoms with van der Waals surface area (Å²) in [5.74, 6) is -1.92. The van der Waals surface area contributed by atoms with Crippen LogP contribution in [0.2, 0.25) is 0 Å². The van der Waals surface area contributed by atoms with E-state index in [1.165, 1.54) is 13.2 Å². The summed E-state index contributed by atoms with van der Waals surface area (Å²) in [6.45, 7) is -0.0272. The van der Waals surface area contributed by atoms with Crippen LogP contribution < -0.4 is 5.56 Å². The molecule has 1 N–H and O–H groups in total. The summed E-state index contributed by atoms with van der Waals surface area (Å²) < 4.78 is 43.8. The standard InChI is InChI=1S/C21H19F3N4O4S/c1-12-8-14(19(31)32-2)16-17(25-12)26-20(27-18(16)30)33-10-15(29)28(11-21(22,23)24)9-13-6-4-3-5-7-13/h3-8H,9-11H2,1-2H3,(H,25,26,27,30). The molecule has 3 aromatic rings. The first-order chi connectivity index (χ1) is 15.6. The van der Waals surface area contributed by atoms with Crippen molar-refractivity contribution < 1.29 is 27.5 Å². The minimum atomic E-state index is -4.57. The van der Waals surface area contributed by atoms with Gasteiger partial charge in [-0.1, -0.05) is 42.1 Å². The van der Waals surface area contributed by atoms with Crippen molar-refractivity contribution in [2.24, 2.45) is 0 Å². The van der Waals surface area contributed by atoms with Crippen LogP contribution in [-0.2, 0) is 16.1 Å². The van der Waals surface area contributed by atoms with E-state index in [0.29, 0.717) is 16.2 Å². The molecule has 0 saturated carbocycles. The number of pyridine rings is 1. The second-order valence-corrected chi connectivity index (χ2v) is 7.98. The average Bonchev–Trinajstić information content (AvgIpc) is 2.75. The molecule has 174 valence electrons. The van der Waals surface area contributed by atoms with E-state index in [0.717, 1.165) is 11.8 Å². The molecule has 8 nitrogen and oxygen atoms in total. The van der Waals surface area contributed by atoms with E-state index in [1.807, 2.05) is 0 Å². The second kappa shape index (κ2) is 10.0. The number of nitrogens with zero attached hydrogens (tertiary/aromatic N) is 3. The number of amides is 1. The van der Waals surface area contributed by atoms with Crippen molar-refractivity contribution in [1.29, 1.82) is 0 Å². The molecule has 3 rings (SSSR count). The van der Waals surface area contributed by atoms with Gasteiger partial charge in [-0.3, -0.25) is 9.59 Å². The van der Waals surface area contributed by atoms with Crippen molar-refractivity contribution in [3.8, 4) is 0 Å². The Labute approximate surface area is 190 Å². The number of nitrogens with one attached hydrogen (secondary N) is 1. The van der Waals surface area contributed by atoms with Crippen LogP contribution in [0.15, 0.2) is 46.3 Å². The van der Waals surface area contributed by atoms with Crippen molar-refractivity contribution in [2.75, 3.05) is 19.4 Å². The molecule has 0 radical (unpaired) electrons. The van der Waals surface area contributed by atoms with Crippen LogP contribution in [0.5, 0.6) is 0 Å². The molecule has 0 aliphatic carbocycles. The Morgan fingerprint density at radius 3 is 2.52 bits per heavy atom. The lowest BCUT2D eigenvalue weighted by Gasteiger charge is -2.24. The number of hydrogen-bond donors (Lipinski definition) is 1. The summed E-state index contributed by atoms with van der Waals surface area (Å²) in [4.78, 5) is 48.6. The highest BCUT2D eigenvalue weighted by atomic mass is 32.2. The maximum Gasteiger partial charge on any atom is 0.406 e. The van der Waals surface area contributed by atoms with Crippen LogP contribution in [-0.4, -0.2) is 57.3 Å². The van der Waals surface area contributed by atoms with Crippen molar-refractivity contribution in [3.05, 3.63) is 63.6 Å². The van der Waals surface area contributed by atoms with E-state index >= 15 is 0 Å². The minimum absolute atomic E-state index is 0.0126. The number of carbonyl (C=O) groups excluding carboxylic acids is 2. The van der Waals surface area contributed by atoms with Gasteiger partial charge >= 0.3 is 12.1 Å². The van der Waals surface area contributed by atoms with Gasteiger partial charge in [-0.25, -0.2) is 14.8 Å². The molecule has 33 heavy (non-hydrogen) atoms. The number of hydrogen-bond acceptors (Lipinski definition) is 7. The van der Waals surface area contributed by atoms with Gasteiger partial charge in [0.1, 0.15) is 6.54 Å². The van der Waals surface area contributed by atoms with Gasteiger partial charge in [0, 0.05) is 12.2 Å². The fraction of sp³-hybridized carbons (Fsp3) is 0.286. The molecule has 0 bridgehead atoms. The largest absolute Gasteiger partial charge is 0.465 e. The molecule has 0 spiro atoms. The zero-order valence-corrected chi connectivity index (χ0v) is 18.4. The maximum atomic E-state index is 13.0. The number of ether oxygens (including phenoxy) is 1. The first kappa shape index (κ1) is 24.2. The fourth-order valence-corrected chi connectivity index (χ4v) is 3.82. The van der Waals surface area contributed by atoms with Crippen LogP contribution >= 0.6 is 11.8 Å². The first-order valence-corrected chi connectivity index (χ1v) is 10.6. The molecular weight excluding hydrogens is 461 g/mol. The van der Waals surface area contributed by atoms with Gasteiger partial charge in [-0.15, -0.1) is 0 Å². The summed E-state index contributed by atoms with van der Waals surface area (Å²) in [6.07, 6.45) is -4.57. The van der Waals surface area contributed by atoms with E-state index in [-0.39, 0.29) is 28.3 Å². The second-order valence-electron chi connectivity index (χ2n) is 7.01. The summed E-state index contributed by atoms with van der Waals surface area (Å²) in [7, 11) is 1.17. The smallest absolute Gasteiger partial charge is 0.406 e. The molecule has 0 fully saturated rings. The SMILES string of the molecule is COC(=O)c1cc(C)nc2nc(SCC(=O)N(Cc3ccccc3)CC(F)(F)F)[nH]c(=O)c12. The molecule has 0 saturated heterocycles. The van der Waals surface area contributed by atoms with Crippen LogP contribution in [0.1, 0.15) is 21.6 Å². The number of carbonyl (C=O) groups is 2. The molecular formula is C21H19F3N4O4S. The zero-order chi connectivity index (χ0) is 24.2. The van der Waals surface area contributed by atoms with E-state index in [4.69, 9.17) is 0 Å². The van der Waals surface area contributed by atoms with Crippen LogP contribution in [0.3, 0.4) is 0 Å². The zero-order valence-electron chi connectivity index (χ0n) is 17.6. The molecule has 0 aliphatic heterocycles. The minimum Gasteiger partial charge on any atom is -0.465 e. The van der Waals surface area contributed by atoms with Crippen molar-refractivity contribution in [3.63, 3.8) is 0 Å². The van der Waals surface area contributed by atoms with Gasteiger partial charge in [-0.05, 0) is 18.6 Å². The van der Waals surface area contributed by atoms with Gasteiger partial charge < -0.3 is 14.6 Å². The van der Waals surface area contributed by atoms with Gasteiger partial charge in [0.25, 0.3) is 5.56 Å². The monoisotopic (exact) mass is 480 g/mol. The number of aryl methyl sites for hydroxylation is 1. The number of halogens is 3.